The van der Waals surface area contributed by atoms with Crippen molar-refractivity contribution in [2.45, 2.75) is 51.7 Å². The molecule has 2 aromatic rings. The van der Waals surface area contributed by atoms with E-state index in [-0.39, 0.29) is 12.5 Å². The van der Waals surface area contributed by atoms with E-state index >= 15 is 0 Å². The summed E-state index contributed by atoms with van der Waals surface area (Å²) >= 11 is 0. The van der Waals surface area contributed by atoms with Crippen LogP contribution in [0.2, 0.25) is 0 Å². The van der Waals surface area contributed by atoms with Gasteiger partial charge in [0.2, 0.25) is 6.10 Å². The third-order valence-corrected chi connectivity index (χ3v) is 6.46. The second kappa shape index (κ2) is 7.73. The van der Waals surface area contributed by atoms with E-state index in [0.29, 0.717) is 17.4 Å². The van der Waals surface area contributed by atoms with Gasteiger partial charge in [0.1, 0.15) is 12.4 Å². The molecule has 3 heterocycles. The van der Waals surface area contributed by atoms with Crippen LogP contribution in [0.5, 0.6) is 11.5 Å². The molecule has 29 heavy (non-hydrogen) atoms. The number of nitrogens with zero attached hydrogens (tertiary/aromatic N) is 3. The number of para-hydroxylation sites is 2. The number of aromatic nitrogens is 2. The summed E-state index contributed by atoms with van der Waals surface area (Å²) in [6.07, 6.45) is 7.23. The smallest absolute Gasteiger partial charge is 0.267 e. The monoisotopic (exact) mass is 395 g/mol. The second-order valence-corrected chi connectivity index (χ2v) is 8.71. The Bertz CT molecular complexity index is 881. The first-order chi connectivity index (χ1) is 14.2. The molecule has 3 aliphatic rings. The number of aryl methyl sites for hydroxylation is 1. The molecular weight excluding hydrogens is 366 g/mol. The predicted octanol–water partition coefficient (Wildman–Crippen LogP) is 3.22. The third-order valence-electron chi connectivity index (χ3n) is 6.46. The average Bonchev–Trinajstić information content (AvgIpc) is 3.52. The normalized spacial score (nSPS) is 22.0. The Morgan fingerprint density at radius 2 is 1.86 bits per heavy atom. The number of hydrogen-bond donors (Lipinski definition) is 0. The van der Waals surface area contributed by atoms with E-state index in [4.69, 9.17) is 9.47 Å². The fourth-order valence-electron chi connectivity index (χ4n) is 4.44. The molecule has 1 saturated heterocycles. The molecule has 6 heteroatoms. The molecule has 2 aliphatic heterocycles. The number of amides is 1. The van der Waals surface area contributed by atoms with E-state index in [1.54, 1.807) is 0 Å². The summed E-state index contributed by atoms with van der Waals surface area (Å²) in [5.74, 6) is 4.08. The van der Waals surface area contributed by atoms with Gasteiger partial charge in [0, 0.05) is 37.9 Å². The van der Waals surface area contributed by atoms with Crippen LogP contribution in [0, 0.1) is 18.8 Å². The maximum Gasteiger partial charge on any atom is 0.267 e. The van der Waals surface area contributed by atoms with Crippen LogP contribution in [0.3, 0.4) is 0 Å². The molecule has 1 atom stereocenters. The zero-order chi connectivity index (χ0) is 19.8. The van der Waals surface area contributed by atoms with Crippen molar-refractivity contribution in [2.24, 2.45) is 11.8 Å². The van der Waals surface area contributed by atoms with E-state index in [9.17, 15) is 4.79 Å². The van der Waals surface area contributed by atoms with Gasteiger partial charge in [-0.1, -0.05) is 12.1 Å². The first kappa shape index (κ1) is 18.5. The van der Waals surface area contributed by atoms with Gasteiger partial charge in [0.15, 0.2) is 11.5 Å². The maximum absolute atomic E-state index is 12.9. The number of likely N-dealkylation sites (tertiary alicyclic amines) is 1. The predicted molar refractivity (Wildman–Crippen MR) is 109 cm³/mol. The second-order valence-electron chi connectivity index (χ2n) is 8.71. The molecule has 1 amide bonds. The zero-order valence-corrected chi connectivity index (χ0v) is 17.0. The summed E-state index contributed by atoms with van der Waals surface area (Å²) in [5.41, 5.74) is 1.27. The van der Waals surface area contributed by atoms with Gasteiger partial charge >= 0.3 is 0 Å². The van der Waals surface area contributed by atoms with Gasteiger partial charge in [-0.15, -0.1) is 0 Å². The Morgan fingerprint density at radius 1 is 1.10 bits per heavy atom. The van der Waals surface area contributed by atoms with Gasteiger partial charge in [0.25, 0.3) is 5.91 Å². The number of piperidine rings is 1. The first-order valence-corrected chi connectivity index (χ1v) is 10.9. The summed E-state index contributed by atoms with van der Waals surface area (Å²) in [5, 5.41) is 0. The zero-order valence-electron chi connectivity index (χ0n) is 17.0. The molecule has 0 radical (unpaired) electrons. The summed E-state index contributed by atoms with van der Waals surface area (Å²) < 4.78 is 14.0. The lowest BCUT2D eigenvalue weighted by atomic mass is 9.93. The molecule has 2 fully saturated rings. The van der Waals surface area contributed by atoms with E-state index < -0.39 is 6.10 Å². The largest absolute Gasteiger partial charge is 0.485 e. The van der Waals surface area contributed by atoms with Crippen molar-refractivity contribution in [3.63, 3.8) is 0 Å². The van der Waals surface area contributed by atoms with E-state index in [1.807, 2.05) is 35.4 Å². The van der Waals surface area contributed by atoms with Gasteiger partial charge in [-0.2, -0.15) is 0 Å². The van der Waals surface area contributed by atoms with Crippen molar-refractivity contribution in [2.75, 3.05) is 19.7 Å². The Morgan fingerprint density at radius 3 is 2.62 bits per heavy atom. The van der Waals surface area contributed by atoms with Crippen molar-refractivity contribution in [3.8, 4) is 11.5 Å². The van der Waals surface area contributed by atoms with Gasteiger partial charge in [-0.3, -0.25) is 4.79 Å². The lowest BCUT2D eigenvalue weighted by Gasteiger charge is -2.35. The Hall–Kier alpha value is -2.50. The molecule has 1 aromatic carbocycles. The average molecular weight is 396 g/mol. The molecule has 0 bridgehead atoms. The highest BCUT2D eigenvalue weighted by Gasteiger charge is 2.33. The maximum atomic E-state index is 12.9. The number of fused-ring (bicyclic) bond motifs is 1. The number of rotatable bonds is 5. The fraction of sp³-hybridized carbons (Fsp3) is 0.565. The van der Waals surface area contributed by atoms with Crippen molar-refractivity contribution in [3.05, 3.63) is 42.0 Å². The summed E-state index contributed by atoms with van der Waals surface area (Å²) in [7, 11) is 0. The van der Waals surface area contributed by atoms with Crippen LogP contribution in [-0.4, -0.2) is 46.2 Å². The van der Waals surface area contributed by atoms with Crippen molar-refractivity contribution in [1.29, 1.82) is 0 Å². The number of carbonyl (C=O) groups is 1. The molecule has 1 unspecified atom stereocenters. The minimum absolute atomic E-state index is 0.0454. The lowest BCUT2D eigenvalue weighted by molar-refractivity contribution is -0.142. The molecule has 6 nitrogen and oxygen atoms in total. The van der Waals surface area contributed by atoms with E-state index in [0.717, 1.165) is 44.8 Å². The third kappa shape index (κ3) is 3.98. The minimum atomic E-state index is -0.540. The number of carbonyl (C=O) groups excluding carboxylic acids is 1. The van der Waals surface area contributed by atoms with Gasteiger partial charge < -0.3 is 18.9 Å². The summed E-state index contributed by atoms with van der Waals surface area (Å²) in [6.45, 7) is 5.14. The molecular formula is C23H29N3O3. The molecule has 1 aliphatic carbocycles. The minimum Gasteiger partial charge on any atom is -0.485 e. The first-order valence-electron chi connectivity index (χ1n) is 10.9. The summed E-state index contributed by atoms with van der Waals surface area (Å²) in [6, 6.07) is 7.53. The van der Waals surface area contributed by atoms with Crippen molar-refractivity contribution < 1.29 is 14.3 Å². The molecule has 5 rings (SSSR count). The van der Waals surface area contributed by atoms with Crippen LogP contribution in [0.1, 0.15) is 37.2 Å². The van der Waals surface area contributed by atoms with Crippen LogP contribution in [0.15, 0.2) is 30.5 Å². The van der Waals surface area contributed by atoms with Crippen LogP contribution in [-0.2, 0) is 17.8 Å². The van der Waals surface area contributed by atoms with Gasteiger partial charge in [0.05, 0.1) is 0 Å². The Labute approximate surface area is 171 Å². The number of imidazole rings is 1. The van der Waals surface area contributed by atoms with E-state index in [1.165, 1.54) is 24.4 Å². The van der Waals surface area contributed by atoms with Crippen LogP contribution < -0.4 is 9.47 Å². The SMILES string of the molecule is Cc1cnc(CC2CCN(C(=O)C3COc4ccccc4O3)CC2)n1CC1CC1. The fourth-order valence-corrected chi connectivity index (χ4v) is 4.44. The highest BCUT2D eigenvalue weighted by Crippen LogP contribution is 2.33. The highest BCUT2D eigenvalue weighted by atomic mass is 16.6. The Balaban J connectivity index is 1.15. The number of ether oxygens (including phenoxy) is 2. The van der Waals surface area contributed by atoms with Crippen LogP contribution in [0.4, 0.5) is 0 Å². The Kier molecular flexibility index (Phi) is 4.94. The van der Waals surface area contributed by atoms with Crippen LogP contribution in [0.25, 0.3) is 0 Å². The lowest BCUT2D eigenvalue weighted by Crippen LogP contribution is -2.49. The van der Waals surface area contributed by atoms with Crippen molar-refractivity contribution in [1.82, 2.24) is 14.5 Å². The van der Waals surface area contributed by atoms with Gasteiger partial charge in [-0.25, -0.2) is 4.98 Å². The van der Waals surface area contributed by atoms with Gasteiger partial charge in [-0.05, 0) is 56.6 Å². The standard InChI is InChI=1S/C23H29N3O3/c1-16-13-24-22(26(16)14-18-6-7-18)12-17-8-10-25(11-9-17)23(27)21-15-28-19-4-2-3-5-20(19)29-21/h2-5,13,17-18,21H,6-12,14-15H2,1H3. The van der Waals surface area contributed by atoms with Crippen LogP contribution >= 0.6 is 0 Å². The van der Waals surface area contributed by atoms with E-state index in [2.05, 4.69) is 16.5 Å². The quantitative estimate of drug-likeness (QED) is 0.780. The highest BCUT2D eigenvalue weighted by molar-refractivity contribution is 5.82. The molecule has 1 saturated carbocycles. The number of hydrogen-bond acceptors (Lipinski definition) is 4. The topological polar surface area (TPSA) is 56.6 Å². The molecule has 1 aromatic heterocycles. The molecule has 0 N–H and O–H groups in total. The number of benzene rings is 1. The molecule has 154 valence electrons. The van der Waals surface area contributed by atoms with Crippen molar-refractivity contribution >= 4 is 5.91 Å². The summed E-state index contributed by atoms with van der Waals surface area (Å²) in [4.78, 5) is 19.5. The molecule has 0 spiro atoms.